The summed E-state index contributed by atoms with van der Waals surface area (Å²) >= 11 is 0. The molecule has 2 rings (SSSR count). The van der Waals surface area contributed by atoms with Gasteiger partial charge in [0.1, 0.15) is 0 Å². The maximum Gasteiger partial charge on any atom is 0.0601 e. The molecule has 0 heterocycles. The Kier molecular flexibility index (Phi) is 4.19. The van der Waals surface area contributed by atoms with Crippen molar-refractivity contribution >= 4 is 0 Å². The number of terminal acetylenes is 1. The Hall–Kier alpha value is -1.30. The van der Waals surface area contributed by atoms with Gasteiger partial charge in [0.05, 0.1) is 6.54 Å². The third-order valence-corrected chi connectivity index (χ3v) is 3.16. The molecule has 0 radical (unpaired) electrons. The summed E-state index contributed by atoms with van der Waals surface area (Å²) in [5.41, 5.74) is 8.15. The minimum atomic E-state index is 0.603. The zero-order chi connectivity index (χ0) is 12.1. The van der Waals surface area contributed by atoms with E-state index in [1.54, 1.807) is 0 Å². The van der Waals surface area contributed by atoms with E-state index in [-0.39, 0.29) is 0 Å². The summed E-state index contributed by atoms with van der Waals surface area (Å²) in [6, 6.07) is 8.46. The predicted octanol–water partition coefficient (Wildman–Crippen LogP) is 1.99. The Labute approximate surface area is 104 Å². The summed E-state index contributed by atoms with van der Waals surface area (Å²) in [6.45, 7) is 3.42. The maximum atomic E-state index is 5.65. The molecular formula is C15H20N2. The van der Waals surface area contributed by atoms with Crippen LogP contribution in [-0.2, 0) is 13.1 Å². The van der Waals surface area contributed by atoms with E-state index in [0.717, 1.165) is 25.6 Å². The Morgan fingerprint density at radius 3 is 2.76 bits per heavy atom. The van der Waals surface area contributed by atoms with Crippen LogP contribution in [0.4, 0.5) is 0 Å². The molecule has 2 heteroatoms. The predicted molar refractivity (Wildman–Crippen MR) is 71.2 cm³/mol. The third kappa shape index (κ3) is 3.89. The first kappa shape index (κ1) is 12.2. The Morgan fingerprint density at radius 1 is 1.35 bits per heavy atom. The minimum absolute atomic E-state index is 0.603. The van der Waals surface area contributed by atoms with Crippen LogP contribution < -0.4 is 5.73 Å². The van der Waals surface area contributed by atoms with Crippen LogP contribution in [0.2, 0.25) is 0 Å². The van der Waals surface area contributed by atoms with Gasteiger partial charge in [0, 0.05) is 19.6 Å². The fourth-order valence-corrected chi connectivity index (χ4v) is 2.09. The molecule has 1 aliphatic carbocycles. The molecule has 0 spiro atoms. The van der Waals surface area contributed by atoms with Gasteiger partial charge in [-0.25, -0.2) is 0 Å². The van der Waals surface area contributed by atoms with Gasteiger partial charge in [-0.05, 0) is 29.9 Å². The first-order chi connectivity index (χ1) is 8.31. The summed E-state index contributed by atoms with van der Waals surface area (Å²) in [5.74, 6) is 3.63. The van der Waals surface area contributed by atoms with Gasteiger partial charge in [-0.3, -0.25) is 4.90 Å². The van der Waals surface area contributed by atoms with Crippen LogP contribution >= 0.6 is 0 Å². The van der Waals surface area contributed by atoms with Gasteiger partial charge in [-0.2, -0.15) is 0 Å². The topological polar surface area (TPSA) is 29.3 Å². The molecule has 1 fully saturated rings. The molecule has 0 aromatic heterocycles. The van der Waals surface area contributed by atoms with Crippen LogP contribution in [0, 0.1) is 18.3 Å². The molecule has 17 heavy (non-hydrogen) atoms. The fraction of sp³-hybridized carbons (Fsp3) is 0.467. The molecule has 0 bridgehead atoms. The van der Waals surface area contributed by atoms with E-state index in [1.807, 2.05) is 0 Å². The number of nitrogens with zero attached hydrogens (tertiary/aromatic N) is 1. The van der Waals surface area contributed by atoms with Gasteiger partial charge in [-0.15, -0.1) is 6.42 Å². The molecule has 0 aliphatic heterocycles. The van der Waals surface area contributed by atoms with Crippen molar-refractivity contribution in [3.8, 4) is 12.3 Å². The number of benzene rings is 1. The Balaban J connectivity index is 1.97. The standard InChI is InChI=1S/C15H20N2/c1-2-8-17(11-13-6-7-13)12-15-5-3-4-14(9-15)10-16/h1,3-5,9,13H,6-8,10-12,16H2. The Bertz CT molecular complexity index is 402. The van der Waals surface area contributed by atoms with Gasteiger partial charge < -0.3 is 5.73 Å². The van der Waals surface area contributed by atoms with Gasteiger partial charge in [0.2, 0.25) is 0 Å². The lowest BCUT2D eigenvalue weighted by atomic mass is 10.1. The number of hydrogen-bond donors (Lipinski definition) is 1. The smallest absolute Gasteiger partial charge is 0.0601 e. The molecule has 1 saturated carbocycles. The molecule has 2 N–H and O–H groups in total. The first-order valence-corrected chi connectivity index (χ1v) is 6.25. The zero-order valence-electron chi connectivity index (χ0n) is 10.2. The van der Waals surface area contributed by atoms with Gasteiger partial charge in [-0.1, -0.05) is 30.2 Å². The fourth-order valence-electron chi connectivity index (χ4n) is 2.09. The van der Waals surface area contributed by atoms with E-state index in [9.17, 15) is 0 Å². The second-order valence-electron chi connectivity index (χ2n) is 4.84. The van der Waals surface area contributed by atoms with E-state index < -0.39 is 0 Å². The van der Waals surface area contributed by atoms with Crippen molar-refractivity contribution < 1.29 is 0 Å². The number of hydrogen-bond acceptors (Lipinski definition) is 2. The molecule has 0 atom stereocenters. The largest absolute Gasteiger partial charge is 0.326 e. The van der Waals surface area contributed by atoms with Crippen LogP contribution in [0.25, 0.3) is 0 Å². The van der Waals surface area contributed by atoms with E-state index in [4.69, 9.17) is 12.2 Å². The molecule has 2 nitrogen and oxygen atoms in total. The van der Waals surface area contributed by atoms with E-state index in [1.165, 1.54) is 24.0 Å². The molecule has 90 valence electrons. The molecular weight excluding hydrogens is 208 g/mol. The normalized spacial score (nSPS) is 14.9. The second-order valence-corrected chi connectivity index (χ2v) is 4.84. The lowest BCUT2D eigenvalue weighted by Crippen LogP contribution is -2.26. The summed E-state index contributed by atoms with van der Waals surface area (Å²) in [4.78, 5) is 2.35. The van der Waals surface area contributed by atoms with Gasteiger partial charge in [0.15, 0.2) is 0 Å². The van der Waals surface area contributed by atoms with E-state index in [0.29, 0.717) is 6.54 Å². The molecule has 0 saturated heterocycles. The highest BCUT2D eigenvalue weighted by Gasteiger charge is 2.23. The summed E-state index contributed by atoms with van der Waals surface area (Å²) in [6.07, 6.45) is 8.15. The van der Waals surface area contributed by atoms with Crippen molar-refractivity contribution in [2.45, 2.75) is 25.9 Å². The monoisotopic (exact) mass is 228 g/mol. The zero-order valence-corrected chi connectivity index (χ0v) is 10.2. The van der Waals surface area contributed by atoms with Gasteiger partial charge >= 0.3 is 0 Å². The van der Waals surface area contributed by atoms with Crippen LogP contribution in [0.3, 0.4) is 0 Å². The van der Waals surface area contributed by atoms with Crippen LogP contribution in [0.15, 0.2) is 24.3 Å². The molecule has 0 amide bonds. The molecule has 1 aromatic carbocycles. The summed E-state index contributed by atoms with van der Waals surface area (Å²) in [5, 5.41) is 0. The molecule has 0 unspecified atom stereocenters. The molecule has 1 aromatic rings. The highest BCUT2D eigenvalue weighted by molar-refractivity contribution is 5.23. The molecule has 1 aliphatic rings. The SMILES string of the molecule is C#CCN(Cc1cccc(CN)c1)CC1CC1. The number of nitrogens with two attached hydrogens (primary N) is 1. The van der Waals surface area contributed by atoms with Crippen LogP contribution in [-0.4, -0.2) is 18.0 Å². The van der Waals surface area contributed by atoms with Crippen LogP contribution in [0.5, 0.6) is 0 Å². The quantitative estimate of drug-likeness (QED) is 0.754. The summed E-state index contributed by atoms with van der Waals surface area (Å²) in [7, 11) is 0. The van der Waals surface area contributed by atoms with Crippen molar-refractivity contribution in [3.05, 3.63) is 35.4 Å². The second kappa shape index (κ2) is 5.86. The number of rotatable bonds is 6. The van der Waals surface area contributed by atoms with Crippen molar-refractivity contribution in [3.63, 3.8) is 0 Å². The summed E-state index contributed by atoms with van der Waals surface area (Å²) < 4.78 is 0. The van der Waals surface area contributed by atoms with E-state index >= 15 is 0 Å². The average molecular weight is 228 g/mol. The van der Waals surface area contributed by atoms with E-state index in [2.05, 4.69) is 35.1 Å². The Morgan fingerprint density at radius 2 is 2.12 bits per heavy atom. The highest BCUT2D eigenvalue weighted by Crippen LogP contribution is 2.30. The van der Waals surface area contributed by atoms with Crippen LogP contribution in [0.1, 0.15) is 24.0 Å². The first-order valence-electron chi connectivity index (χ1n) is 6.25. The van der Waals surface area contributed by atoms with Gasteiger partial charge in [0.25, 0.3) is 0 Å². The van der Waals surface area contributed by atoms with Crippen molar-refractivity contribution in [2.75, 3.05) is 13.1 Å². The highest BCUT2D eigenvalue weighted by atomic mass is 15.1. The maximum absolute atomic E-state index is 5.65. The van der Waals surface area contributed by atoms with Crippen molar-refractivity contribution in [1.29, 1.82) is 0 Å². The van der Waals surface area contributed by atoms with Crippen molar-refractivity contribution in [2.24, 2.45) is 11.7 Å². The van der Waals surface area contributed by atoms with Crippen molar-refractivity contribution in [1.82, 2.24) is 4.90 Å². The third-order valence-electron chi connectivity index (χ3n) is 3.16. The lowest BCUT2D eigenvalue weighted by Gasteiger charge is -2.19. The lowest BCUT2D eigenvalue weighted by molar-refractivity contribution is 0.286. The average Bonchev–Trinajstić information content (AvgIpc) is 3.13. The minimum Gasteiger partial charge on any atom is -0.326 e.